The van der Waals surface area contributed by atoms with Crippen LogP contribution in [0.3, 0.4) is 0 Å². The molecule has 1 heterocycles. The molecule has 0 fully saturated rings. The molecule has 0 amide bonds. The zero-order chi connectivity index (χ0) is 12.6. The molecule has 0 aliphatic heterocycles. The molecule has 0 spiro atoms. The highest BCUT2D eigenvalue weighted by Crippen LogP contribution is 2.32. The Hall–Kier alpha value is -1.77. The Kier molecular flexibility index (Phi) is 2.69. The molecule has 17 heavy (non-hydrogen) atoms. The smallest absolute Gasteiger partial charge is 0.157 e. The predicted molar refractivity (Wildman–Crippen MR) is 68.7 cm³/mol. The summed E-state index contributed by atoms with van der Waals surface area (Å²) in [6.07, 6.45) is 1.50. The van der Waals surface area contributed by atoms with Gasteiger partial charge in [0.1, 0.15) is 0 Å². The number of aryl methyl sites for hydroxylation is 1. The lowest BCUT2D eigenvalue weighted by molar-refractivity contribution is 0.439. The summed E-state index contributed by atoms with van der Waals surface area (Å²) in [7, 11) is 0. The van der Waals surface area contributed by atoms with Gasteiger partial charge >= 0.3 is 0 Å². The second-order valence-corrected chi connectivity index (χ2v) is 5.38. The molecule has 0 saturated heterocycles. The van der Waals surface area contributed by atoms with Gasteiger partial charge in [-0.2, -0.15) is 5.10 Å². The van der Waals surface area contributed by atoms with Crippen molar-refractivity contribution in [3.05, 3.63) is 41.7 Å². The zero-order valence-electron chi connectivity index (χ0n) is 10.7. The first kappa shape index (κ1) is 11.7. The van der Waals surface area contributed by atoms with Crippen LogP contribution in [0.5, 0.6) is 5.75 Å². The maximum atomic E-state index is 9.91. The van der Waals surface area contributed by atoms with Gasteiger partial charge in [-0.15, -0.1) is 0 Å². The average Bonchev–Trinajstić information content (AvgIpc) is 2.59. The van der Waals surface area contributed by atoms with E-state index < -0.39 is 0 Å². The number of nitrogens with zero attached hydrogens (tertiary/aromatic N) is 2. The van der Waals surface area contributed by atoms with E-state index in [0.29, 0.717) is 0 Å². The van der Waals surface area contributed by atoms with Gasteiger partial charge in [0.2, 0.25) is 0 Å². The molecule has 3 heteroatoms. The molecule has 1 N–H and O–H groups in total. The summed E-state index contributed by atoms with van der Waals surface area (Å²) in [6.45, 7) is 8.24. The summed E-state index contributed by atoms with van der Waals surface area (Å²) in [6, 6.07) is 8.09. The number of aromatic hydroxyl groups is 1. The largest absolute Gasteiger partial charge is 0.504 e. The van der Waals surface area contributed by atoms with Gasteiger partial charge in [-0.05, 0) is 24.6 Å². The molecule has 3 nitrogen and oxygen atoms in total. The van der Waals surface area contributed by atoms with Crippen molar-refractivity contribution in [3.8, 4) is 11.4 Å². The van der Waals surface area contributed by atoms with Crippen LogP contribution in [-0.4, -0.2) is 14.9 Å². The highest BCUT2D eigenvalue weighted by Gasteiger charge is 2.24. The SMILES string of the molecule is Cc1cccc(-n2ncc(O)c2C(C)(C)C)c1. The van der Waals surface area contributed by atoms with E-state index >= 15 is 0 Å². The number of hydrogen-bond acceptors (Lipinski definition) is 2. The molecule has 0 saturated carbocycles. The number of aromatic nitrogens is 2. The summed E-state index contributed by atoms with van der Waals surface area (Å²) in [4.78, 5) is 0. The molecule has 0 aliphatic carbocycles. The van der Waals surface area contributed by atoms with Crippen LogP contribution in [0.15, 0.2) is 30.5 Å². The van der Waals surface area contributed by atoms with Crippen LogP contribution in [-0.2, 0) is 5.41 Å². The van der Waals surface area contributed by atoms with Crippen LogP contribution in [0.25, 0.3) is 5.69 Å². The molecule has 0 unspecified atom stereocenters. The number of rotatable bonds is 1. The summed E-state index contributed by atoms with van der Waals surface area (Å²) in [5.74, 6) is 0.249. The van der Waals surface area contributed by atoms with E-state index in [1.54, 1.807) is 0 Å². The van der Waals surface area contributed by atoms with Crippen molar-refractivity contribution < 1.29 is 5.11 Å². The molecule has 0 aliphatic rings. The summed E-state index contributed by atoms with van der Waals surface area (Å²) >= 11 is 0. The van der Waals surface area contributed by atoms with Gasteiger partial charge in [-0.25, -0.2) is 4.68 Å². The van der Waals surface area contributed by atoms with Crippen LogP contribution in [0.2, 0.25) is 0 Å². The fourth-order valence-electron chi connectivity index (χ4n) is 2.00. The Balaban J connectivity index is 2.61. The van der Waals surface area contributed by atoms with E-state index in [9.17, 15) is 5.11 Å². The van der Waals surface area contributed by atoms with E-state index in [2.05, 4.69) is 31.9 Å². The monoisotopic (exact) mass is 230 g/mol. The minimum Gasteiger partial charge on any atom is -0.504 e. The molecule has 1 aromatic carbocycles. The summed E-state index contributed by atoms with van der Waals surface area (Å²) in [5, 5.41) is 14.2. The van der Waals surface area contributed by atoms with Gasteiger partial charge in [-0.1, -0.05) is 32.9 Å². The zero-order valence-corrected chi connectivity index (χ0v) is 10.7. The van der Waals surface area contributed by atoms with Gasteiger partial charge in [0.15, 0.2) is 5.75 Å². The van der Waals surface area contributed by atoms with E-state index in [0.717, 1.165) is 11.4 Å². The van der Waals surface area contributed by atoms with E-state index in [1.165, 1.54) is 11.8 Å². The lowest BCUT2D eigenvalue weighted by atomic mass is 9.91. The van der Waals surface area contributed by atoms with Crippen LogP contribution >= 0.6 is 0 Å². The minimum atomic E-state index is -0.148. The summed E-state index contributed by atoms with van der Waals surface area (Å²) < 4.78 is 1.81. The maximum absolute atomic E-state index is 9.91. The second kappa shape index (κ2) is 3.91. The molecule has 2 rings (SSSR count). The highest BCUT2D eigenvalue weighted by atomic mass is 16.3. The first-order chi connectivity index (χ1) is 7.89. The first-order valence-electron chi connectivity index (χ1n) is 5.74. The molecule has 0 radical (unpaired) electrons. The Morgan fingerprint density at radius 1 is 1.24 bits per heavy atom. The molecule has 0 atom stereocenters. The molecule has 1 aromatic heterocycles. The Morgan fingerprint density at radius 2 is 1.94 bits per heavy atom. The van der Waals surface area contributed by atoms with E-state index in [-0.39, 0.29) is 11.2 Å². The lowest BCUT2D eigenvalue weighted by Gasteiger charge is -2.20. The number of benzene rings is 1. The van der Waals surface area contributed by atoms with Crippen molar-refractivity contribution in [1.29, 1.82) is 0 Å². The fraction of sp³-hybridized carbons (Fsp3) is 0.357. The Bertz CT molecular complexity index is 535. The standard InChI is InChI=1S/C14H18N2O/c1-10-6-5-7-11(8-10)16-13(14(2,3)4)12(17)9-15-16/h5-9,17H,1-4H3. The average molecular weight is 230 g/mol. The van der Waals surface area contributed by atoms with Crippen LogP contribution in [0.1, 0.15) is 32.0 Å². The molecule has 0 bridgehead atoms. The molecule has 90 valence electrons. The lowest BCUT2D eigenvalue weighted by Crippen LogP contribution is -2.17. The van der Waals surface area contributed by atoms with Crippen LogP contribution in [0, 0.1) is 6.92 Å². The highest BCUT2D eigenvalue weighted by molar-refractivity contribution is 5.41. The van der Waals surface area contributed by atoms with Crippen LogP contribution in [0.4, 0.5) is 0 Å². The van der Waals surface area contributed by atoms with Crippen LogP contribution < -0.4 is 0 Å². The van der Waals surface area contributed by atoms with Crippen molar-refractivity contribution in [1.82, 2.24) is 9.78 Å². The molecular formula is C14H18N2O. The number of hydrogen-bond donors (Lipinski definition) is 1. The van der Waals surface area contributed by atoms with Crippen molar-refractivity contribution >= 4 is 0 Å². The summed E-state index contributed by atoms with van der Waals surface area (Å²) in [5.41, 5.74) is 2.85. The van der Waals surface area contributed by atoms with Gasteiger partial charge < -0.3 is 5.11 Å². The Morgan fingerprint density at radius 3 is 2.53 bits per heavy atom. The van der Waals surface area contributed by atoms with Gasteiger partial charge in [0.25, 0.3) is 0 Å². The molecular weight excluding hydrogens is 212 g/mol. The van der Waals surface area contributed by atoms with E-state index in [4.69, 9.17) is 0 Å². The van der Waals surface area contributed by atoms with Gasteiger partial charge in [0, 0.05) is 5.41 Å². The third-order valence-electron chi connectivity index (χ3n) is 2.71. The van der Waals surface area contributed by atoms with Crippen molar-refractivity contribution in [3.63, 3.8) is 0 Å². The third-order valence-corrected chi connectivity index (χ3v) is 2.71. The Labute approximate surface area is 102 Å². The topological polar surface area (TPSA) is 38.0 Å². The normalized spacial score (nSPS) is 11.8. The predicted octanol–water partition coefficient (Wildman–Crippen LogP) is 3.18. The second-order valence-electron chi connectivity index (χ2n) is 5.38. The maximum Gasteiger partial charge on any atom is 0.157 e. The third kappa shape index (κ3) is 2.18. The first-order valence-corrected chi connectivity index (χ1v) is 5.74. The van der Waals surface area contributed by atoms with Crippen molar-refractivity contribution in [2.75, 3.05) is 0 Å². The molecule has 2 aromatic rings. The minimum absolute atomic E-state index is 0.148. The van der Waals surface area contributed by atoms with Gasteiger partial charge in [0.05, 0.1) is 17.6 Å². The quantitative estimate of drug-likeness (QED) is 0.817. The van der Waals surface area contributed by atoms with Gasteiger partial charge in [-0.3, -0.25) is 0 Å². The van der Waals surface area contributed by atoms with Crippen molar-refractivity contribution in [2.24, 2.45) is 0 Å². The van der Waals surface area contributed by atoms with Crippen molar-refractivity contribution in [2.45, 2.75) is 33.1 Å². The van der Waals surface area contributed by atoms with E-state index in [1.807, 2.05) is 29.8 Å². The fourth-order valence-corrected chi connectivity index (χ4v) is 2.00.